The van der Waals surface area contributed by atoms with Crippen LogP contribution in [0.2, 0.25) is 0 Å². The largest absolute Gasteiger partial charge is 0.453 e. The van der Waals surface area contributed by atoms with Crippen LogP contribution in [0.25, 0.3) is 0 Å². The first-order valence-corrected chi connectivity index (χ1v) is 9.52. The fourth-order valence-corrected chi connectivity index (χ4v) is 2.76. The molecule has 0 aromatic rings. The first-order chi connectivity index (χ1) is 9.53. The molecule has 0 radical (unpaired) electrons. The summed E-state index contributed by atoms with van der Waals surface area (Å²) in [6.07, 6.45) is -4.08. The zero-order valence-corrected chi connectivity index (χ0v) is 18.8. The summed E-state index contributed by atoms with van der Waals surface area (Å²) in [5.41, 5.74) is -5.26. The van der Waals surface area contributed by atoms with Crippen LogP contribution in [0.5, 0.6) is 0 Å². The van der Waals surface area contributed by atoms with E-state index in [9.17, 15) is 23.1 Å². The zero-order valence-electron chi connectivity index (χ0n) is 12.4. The minimum atomic E-state index is -4.92. The van der Waals surface area contributed by atoms with E-state index in [2.05, 4.69) is 74.4 Å². The molecule has 9 heteroatoms. The van der Waals surface area contributed by atoms with E-state index in [4.69, 9.17) is 4.74 Å². The number of carbonyl (C=O) groups is 1. The average Bonchev–Trinajstić information content (AvgIpc) is 2.24. The Morgan fingerprint density at radius 1 is 1.18 bits per heavy atom. The van der Waals surface area contributed by atoms with Crippen molar-refractivity contribution in [1.82, 2.24) is 0 Å². The van der Waals surface area contributed by atoms with Crippen LogP contribution in [0.15, 0.2) is 12.2 Å². The van der Waals surface area contributed by atoms with E-state index in [0.717, 1.165) is 6.92 Å². The monoisotopic (exact) mass is 660 g/mol. The van der Waals surface area contributed by atoms with Gasteiger partial charge in [-0.1, -0.05) is 74.4 Å². The minimum Gasteiger partial charge on any atom is -0.453 e. The molecule has 0 saturated heterocycles. The summed E-state index contributed by atoms with van der Waals surface area (Å²) in [5, 5.41) is 9.99. The van der Waals surface area contributed by atoms with Gasteiger partial charge in [-0.05, 0) is 40.0 Å². The van der Waals surface area contributed by atoms with Gasteiger partial charge in [-0.25, -0.2) is 4.79 Å². The Labute approximate surface area is 169 Å². The highest BCUT2D eigenvalue weighted by Gasteiger charge is 2.63. The van der Waals surface area contributed by atoms with Gasteiger partial charge in [0.05, 0.1) is 0 Å². The molecule has 0 aromatic heterocycles. The number of halogens is 6. The number of ether oxygens (including phenoxy) is 1. The maximum absolute atomic E-state index is 13.2. The third-order valence-electron chi connectivity index (χ3n) is 3.36. The molecule has 2 atom stereocenters. The van der Waals surface area contributed by atoms with Gasteiger partial charge in [0, 0.05) is 5.57 Å². The molecule has 22 heavy (non-hydrogen) atoms. The number of carbonyl (C=O) groups excluding carboxylic acids is 1. The van der Waals surface area contributed by atoms with E-state index >= 15 is 0 Å². The van der Waals surface area contributed by atoms with Crippen molar-refractivity contribution >= 4 is 73.7 Å². The number of alkyl halides is 6. The predicted molar refractivity (Wildman–Crippen MR) is 105 cm³/mol. The summed E-state index contributed by atoms with van der Waals surface area (Å²) in [5.74, 6) is -0.947. The summed E-state index contributed by atoms with van der Waals surface area (Å²) in [6, 6.07) is 0. The van der Waals surface area contributed by atoms with Crippen LogP contribution in [0, 0.1) is 0 Å². The van der Waals surface area contributed by atoms with Gasteiger partial charge in [0.1, 0.15) is 5.04 Å². The van der Waals surface area contributed by atoms with Gasteiger partial charge in [-0.15, -0.1) is 0 Å². The second kappa shape index (κ2) is 8.02. The highest BCUT2D eigenvalue weighted by molar-refractivity contribution is 14.3. The lowest BCUT2D eigenvalue weighted by Crippen LogP contribution is -2.61. The Hall–Kier alpha value is 1.15. The maximum Gasteiger partial charge on any atom is 0.420 e. The molecule has 0 aromatic carbocycles. The van der Waals surface area contributed by atoms with Gasteiger partial charge in [0.15, 0.2) is 5.60 Å². The van der Waals surface area contributed by atoms with Crippen molar-refractivity contribution in [2.24, 2.45) is 0 Å². The third kappa shape index (κ3) is 6.57. The number of hydrogen-bond donors (Lipinski definition) is 1. The Morgan fingerprint density at radius 2 is 1.64 bits per heavy atom. The van der Waals surface area contributed by atoms with E-state index in [1.54, 1.807) is 0 Å². The second-order valence-electron chi connectivity index (χ2n) is 5.44. The molecule has 0 rings (SSSR count). The fourth-order valence-electron chi connectivity index (χ4n) is 1.61. The molecule has 0 heterocycles. The van der Waals surface area contributed by atoms with Gasteiger partial charge < -0.3 is 9.84 Å². The third-order valence-corrected chi connectivity index (χ3v) is 4.98. The molecule has 130 valence electrons. The van der Waals surface area contributed by atoms with Crippen LogP contribution in [-0.4, -0.2) is 27.9 Å². The van der Waals surface area contributed by atoms with Crippen molar-refractivity contribution in [3.05, 3.63) is 12.2 Å². The second-order valence-corrected chi connectivity index (χ2v) is 17.2. The quantitative estimate of drug-likeness (QED) is 0.175. The summed E-state index contributed by atoms with van der Waals surface area (Å²) >= 11 is 6.50. The molecule has 0 aliphatic heterocycles. The fraction of sp³-hybridized carbons (Fsp3) is 0.769. The normalized spacial score (nSPS) is 18.3. The molecule has 0 aliphatic carbocycles. The molecule has 0 spiro atoms. The van der Waals surface area contributed by atoms with Gasteiger partial charge >= 0.3 is 12.1 Å². The number of esters is 1. The van der Waals surface area contributed by atoms with E-state index in [1.807, 2.05) is 0 Å². The lowest BCUT2D eigenvalue weighted by Gasteiger charge is -2.43. The Bertz CT molecular complexity index is 430. The van der Waals surface area contributed by atoms with Crippen LogP contribution in [0.1, 0.15) is 40.0 Å². The summed E-state index contributed by atoms with van der Waals surface area (Å²) in [7, 11) is 0. The van der Waals surface area contributed by atoms with Crippen LogP contribution >= 0.6 is 67.8 Å². The van der Waals surface area contributed by atoms with Crippen molar-refractivity contribution in [3.8, 4) is 0 Å². The molecule has 0 saturated carbocycles. The van der Waals surface area contributed by atoms with Crippen LogP contribution in [0.4, 0.5) is 13.2 Å². The number of aliphatic hydroxyl groups is 1. The maximum atomic E-state index is 13.2. The van der Waals surface area contributed by atoms with Crippen LogP contribution < -0.4 is 0 Å². The summed E-state index contributed by atoms with van der Waals surface area (Å²) < 4.78 is 44.4. The predicted octanol–water partition coefficient (Wildman–Crippen LogP) is 5.31. The lowest BCUT2D eigenvalue weighted by molar-refractivity contribution is -0.310. The smallest absolute Gasteiger partial charge is 0.420 e. The van der Waals surface area contributed by atoms with Crippen molar-refractivity contribution < 1.29 is 27.8 Å². The summed E-state index contributed by atoms with van der Waals surface area (Å²) in [4.78, 5) is 11.7. The van der Waals surface area contributed by atoms with Crippen molar-refractivity contribution in [3.63, 3.8) is 0 Å². The van der Waals surface area contributed by atoms with E-state index < -0.39 is 23.3 Å². The van der Waals surface area contributed by atoms with Gasteiger partial charge in [-0.3, -0.25) is 0 Å². The number of hydrogen-bond acceptors (Lipinski definition) is 3. The molecule has 0 bridgehead atoms. The van der Waals surface area contributed by atoms with E-state index in [1.165, 1.54) is 6.92 Å². The van der Waals surface area contributed by atoms with Crippen molar-refractivity contribution in [2.45, 2.75) is 56.8 Å². The first kappa shape index (κ1) is 23.1. The minimum absolute atomic E-state index is 0.0183. The standard InChI is InChI=1S/C13H18F3I3O3/c1-8(2)9(20)22-10(3,6-5-7-12(17,18)19)11(4,21)13(14,15)16/h21H,1,5-7H2,2-4H3. The molecule has 1 N–H and O–H groups in total. The van der Waals surface area contributed by atoms with Gasteiger partial charge in [-0.2, -0.15) is 13.2 Å². The van der Waals surface area contributed by atoms with Crippen LogP contribution in [0.3, 0.4) is 0 Å². The Balaban J connectivity index is 5.40. The molecule has 3 nitrogen and oxygen atoms in total. The molecule has 0 fully saturated rings. The lowest BCUT2D eigenvalue weighted by atomic mass is 9.81. The Morgan fingerprint density at radius 3 is 1.95 bits per heavy atom. The zero-order chi connectivity index (χ0) is 18.0. The van der Waals surface area contributed by atoms with E-state index in [-0.39, 0.29) is 11.4 Å². The Kier molecular flexibility index (Phi) is 8.44. The topological polar surface area (TPSA) is 46.5 Å². The van der Waals surface area contributed by atoms with E-state index in [0.29, 0.717) is 19.8 Å². The van der Waals surface area contributed by atoms with Crippen molar-refractivity contribution in [2.75, 3.05) is 0 Å². The van der Waals surface area contributed by atoms with Gasteiger partial charge in [0.2, 0.25) is 0 Å². The highest BCUT2D eigenvalue weighted by Crippen LogP contribution is 2.45. The van der Waals surface area contributed by atoms with Crippen LogP contribution in [-0.2, 0) is 9.53 Å². The molecule has 0 amide bonds. The molecule has 0 aliphatic rings. The number of rotatable bonds is 7. The summed E-state index contributed by atoms with van der Waals surface area (Å²) in [6.45, 7) is 6.44. The highest BCUT2D eigenvalue weighted by atomic mass is 127. The molecular weight excluding hydrogens is 642 g/mol. The average molecular weight is 660 g/mol. The van der Waals surface area contributed by atoms with Crippen molar-refractivity contribution in [1.29, 1.82) is 0 Å². The van der Waals surface area contributed by atoms with Gasteiger partial charge in [0.25, 0.3) is 0 Å². The molecular formula is C13H18F3I3O3. The first-order valence-electron chi connectivity index (χ1n) is 6.28. The SMILES string of the molecule is C=C(C)C(=O)OC(C)(CCCC(I)(I)I)C(C)(O)C(F)(F)F. The molecule has 2 unspecified atom stereocenters.